The average Bonchev–Trinajstić information content (AvgIpc) is 3.06. The summed E-state index contributed by atoms with van der Waals surface area (Å²) in [5.74, 6) is 0.833. The molecule has 0 spiro atoms. The maximum atomic E-state index is 4.50. The van der Waals surface area contributed by atoms with E-state index >= 15 is 0 Å². The molecule has 0 N–H and O–H groups in total. The van der Waals surface area contributed by atoms with Gasteiger partial charge in [0.25, 0.3) is 0 Å². The normalized spacial score (nSPS) is 23.8. The highest BCUT2D eigenvalue weighted by atomic mass is 15.5. The minimum atomic E-state index is 0.833. The molecule has 3 fully saturated rings. The highest BCUT2D eigenvalue weighted by Gasteiger charge is 2.38. The number of imidazole rings is 1. The Kier molecular flexibility index (Phi) is 5.69. The van der Waals surface area contributed by atoms with Gasteiger partial charge >= 0.3 is 5.95 Å². The van der Waals surface area contributed by atoms with Crippen molar-refractivity contribution >= 4 is 17.3 Å². The van der Waals surface area contributed by atoms with Gasteiger partial charge in [-0.05, 0) is 37.6 Å². The standard InChI is InChI=1S/C22H35N7/c1-5-28(13-17-29-14-10-27(11-15-29)12-16-29)20-6-7-21(19(2)18-20)23-24-22-25(3)8-9-26(22)4/h6-9,18H,5,10-17H2,1-4H3/q+2. The zero-order valence-electron chi connectivity index (χ0n) is 18.4. The van der Waals surface area contributed by atoms with Crippen LogP contribution in [0.2, 0.25) is 0 Å². The van der Waals surface area contributed by atoms with E-state index in [4.69, 9.17) is 0 Å². The van der Waals surface area contributed by atoms with Crippen LogP contribution in [0.25, 0.3) is 0 Å². The Morgan fingerprint density at radius 3 is 2.45 bits per heavy atom. The van der Waals surface area contributed by atoms with Gasteiger partial charge in [0.1, 0.15) is 5.69 Å². The number of azo groups is 1. The van der Waals surface area contributed by atoms with E-state index in [2.05, 4.69) is 52.1 Å². The summed E-state index contributed by atoms with van der Waals surface area (Å²) in [4.78, 5) is 5.13. The van der Waals surface area contributed by atoms with Gasteiger partial charge in [-0.25, -0.2) is 9.13 Å². The Bertz CT molecular complexity index is 844. The summed E-state index contributed by atoms with van der Waals surface area (Å²) in [6.45, 7) is 15.6. The van der Waals surface area contributed by atoms with Gasteiger partial charge in [0.05, 0.1) is 59.2 Å². The number of hydrogen-bond donors (Lipinski definition) is 0. The predicted molar refractivity (Wildman–Crippen MR) is 116 cm³/mol. The van der Waals surface area contributed by atoms with Crippen LogP contribution >= 0.6 is 0 Å². The first-order valence-corrected chi connectivity index (χ1v) is 10.9. The molecular weight excluding hydrogens is 362 g/mol. The molecule has 7 nitrogen and oxygen atoms in total. The lowest BCUT2D eigenvalue weighted by Crippen LogP contribution is -2.68. The van der Waals surface area contributed by atoms with Crippen molar-refractivity contribution < 1.29 is 9.05 Å². The predicted octanol–water partition coefficient (Wildman–Crippen LogP) is 2.55. The molecule has 0 unspecified atom stereocenters. The zero-order chi connectivity index (χ0) is 20.4. The van der Waals surface area contributed by atoms with Crippen LogP contribution in [0.15, 0.2) is 40.8 Å². The van der Waals surface area contributed by atoms with Gasteiger partial charge < -0.3 is 9.38 Å². The fourth-order valence-electron chi connectivity index (χ4n) is 4.64. The van der Waals surface area contributed by atoms with E-state index in [0.29, 0.717) is 0 Å². The van der Waals surface area contributed by atoms with Crippen LogP contribution in [0.3, 0.4) is 0 Å². The van der Waals surface area contributed by atoms with E-state index in [1.54, 1.807) is 0 Å². The van der Waals surface area contributed by atoms with E-state index < -0.39 is 0 Å². The molecule has 4 heterocycles. The van der Waals surface area contributed by atoms with Crippen LogP contribution in [0.4, 0.5) is 17.3 Å². The van der Waals surface area contributed by atoms with Gasteiger partial charge in [-0.1, -0.05) is 5.11 Å². The molecule has 0 saturated carbocycles. The Morgan fingerprint density at radius 1 is 1.14 bits per heavy atom. The Labute approximate surface area is 174 Å². The fraction of sp³-hybridized carbons (Fsp3) is 0.591. The molecule has 29 heavy (non-hydrogen) atoms. The van der Waals surface area contributed by atoms with E-state index in [1.807, 2.05) is 35.6 Å². The lowest BCUT2D eigenvalue weighted by molar-refractivity contribution is -0.939. The van der Waals surface area contributed by atoms with Crippen LogP contribution in [0, 0.1) is 6.92 Å². The minimum absolute atomic E-state index is 0.833. The van der Waals surface area contributed by atoms with E-state index in [-0.39, 0.29) is 0 Å². The second kappa shape index (κ2) is 8.24. The number of fused-ring (bicyclic) bond motifs is 3. The second-order valence-electron chi connectivity index (χ2n) is 8.65. The zero-order valence-corrected chi connectivity index (χ0v) is 18.4. The second-order valence-corrected chi connectivity index (χ2v) is 8.65. The monoisotopic (exact) mass is 397 g/mol. The molecule has 7 heteroatoms. The van der Waals surface area contributed by atoms with Crippen LogP contribution in [-0.2, 0) is 14.1 Å². The quantitative estimate of drug-likeness (QED) is 0.409. The molecule has 0 radical (unpaired) electrons. The molecule has 0 aliphatic carbocycles. The lowest BCUT2D eigenvalue weighted by atomic mass is 10.1. The lowest BCUT2D eigenvalue weighted by Gasteiger charge is -2.51. The summed E-state index contributed by atoms with van der Waals surface area (Å²) < 4.78 is 5.25. The summed E-state index contributed by atoms with van der Waals surface area (Å²) >= 11 is 0. The summed E-state index contributed by atoms with van der Waals surface area (Å²) in [6.07, 6.45) is 3.97. The van der Waals surface area contributed by atoms with Crippen molar-refractivity contribution in [1.82, 2.24) is 9.47 Å². The van der Waals surface area contributed by atoms with Crippen LogP contribution < -0.4 is 9.47 Å². The summed E-state index contributed by atoms with van der Waals surface area (Å²) in [7, 11) is 3.97. The highest BCUT2D eigenvalue weighted by Crippen LogP contribution is 2.27. The number of likely N-dealkylation sites (N-methyl/N-ethyl adjacent to an activating group) is 1. The van der Waals surface area contributed by atoms with E-state index in [0.717, 1.165) is 24.7 Å². The molecule has 5 rings (SSSR count). The van der Waals surface area contributed by atoms with Crippen molar-refractivity contribution in [2.24, 2.45) is 24.3 Å². The van der Waals surface area contributed by atoms with Crippen LogP contribution in [0.1, 0.15) is 12.5 Å². The van der Waals surface area contributed by atoms with Crippen molar-refractivity contribution in [1.29, 1.82) is 0 Å². The molecule has 2 aromatic rings. The molecule has 2 bridgehead atoms. The number of piperazine rings is 3. The third-order valence-electron chi connectivity index (χ3n) is 6.84. The fourth-order valence-corrected chi connectivity index (χ4v) is 4.64. The summed E-state index contributed by atoms with van der Waals surface area (Å²) in [5.41, 5.74) is 3.39. The molecular formula is C22H35N7+2. The molecule has 1 aromatic heterocycles. The maximum Gasteiger partial charge on any atom is 0.421 e. The van der Waals surface area contributed by atoms with Gasteiger partial charge in [-0.2, -0.15) is 0 Å². The van der Waals surface area contributed by atoms with Gasteiger partial charge in [-0.3, -0.25) is 4.90 Å². The first kappa shape index (κ1) is 20.0. The number of quaternary nitrogens is 1. The Balaban J connectivity index is 1.44. The van der Waals surface area contributed by atoms with Crippen molar-refractivity contribution in [3.63, 3.8) is 0 Å². The SMILES string of the molecule is CCN(CC[N+]12CCN(CC1)CC2)c1ccc(/N=N/c2n(C)cc[n+]2C)c(C)c1. The number of anilines is 1. The number of nitrogens with zero attached hydrogens (tertiary/aromatic N) is 7. The minimum Gasteiger partial charge on any atom is -0.366 e. The summed E-state index contributed by atoms with van der Waals surface area (Å²) in [5, 5.41) is 8.95. The first-order valence-electron chi connectivity index (χ1n) is 10.9. The molecule has 3 aliphatic heterocycles. The number of benzene rings is 1. The molecule has 3 aliphatic rings. The van der Waals surface area contributed by atoms with Crippen LogP contribution in [-0.4, -0.2) is 72.9 Å². The number of aromatic nitrogens is 2. The molecule has 3 saturated heterocycles. The largest absolute Gasteiger partial charge is 0.421 e. The molecule has 0 atom stereocenters. The number of aryl methyl sites for hydroxylation is 3. The molecule has 1 aromatic carbocycles. The molecule has 0 amide bonds. The maximum absolute atomic E-state index is 4.50. The third kappa shape index (κ3) is 4.21. The smallest absolute Gasteiger partial charge is 0.366 e. The van der Waals surface area contributed by atoms with E-state index in [1.165, 1.54) is 61.5 Å². The average molecular weight is 398 g/mol. The topological polar surface area (TPSA) is 40.0 Å². The van der Waals surface area contributed by atoms with Crippen molar-refractivity contribution in [3.8, 4) is 0 Å². The third-order valence-corrected chi connectivity index (χ3v) is 6.84. The molecule has 156 valence electrons. The van der Waals surface area contributed by atoms with Crippen LogP contribution in [0.5, 0.6) is 0 Å². The van der Waals surface area contributed by atoms with E-state index in [9.17, 15) is 0 Å². The summed E-state index contributed by atoms with van der Waals surface area (Å²) in [6, 6.07) is 6.56. The van der Waals surface area contributed by atoms with Crippen molar-refractivity contribution in [2.75, 3.05) is 63.8 Å². The Morgan fingerprint density at radius 2 is 1.86 bits per heavy atom. The van der Waals surface area contributed by atoms with Gasteiger partial charge in [0.15, 0.2) is 0 Å². The Hall–Kier alpha value is -2.25. The number of rotatable bonds is 7. The van der Waals surface area contributed by atoms with Crippen molar-refractivity contribution in [3.05, 3.63) is 36.2 Å². The highest BCUT2D eigenvalue weighted by molar-refractivity contribution is 5.57. The van der Waals surface area contributed by atoms with Crippen molar-refractivity contribution in [2.45, 2.75) is 13.8 Å². The van der Waals surface area contributed by atoms with Gasteiger partial charge in [0, 0.05) is 37.0 Å². The number of hydrogen-bond acceptors (Lipinski definition) is 4. The van der Waals surface area contributed by atoms with Gasteiger partial charge in [0.2, 0.25) is 0 Å². The van der Waals surface area contributed by atoms with Gasteiger partial charge in [-0.15, -0.1) is 0 Å². The first-order chi connectivity index (χ1) is 14.0.